The van der Waals surface area contributed by atoms with Crippen LogP contribution in [0.25, 0.3) is 0 Å². The molecule has 2 aromatic rings. The van der Waals surface area contributed by atoms with E-state index in [-0.39, 0.29) is 0 Å². The largest absolute Gasteiger partial charge is 0.508 e. The van der Waals surface area contributed by atoms with Crippen LogP contribution in [-0.2, 0) is 0 Å². The third-order valence-electron chi connectivity index (χ3n) is 6.60. The number of piperazine rings is 1. The van der Waals surface area contributed by atoms with Gasteiger partial charge in [-0.25, -0.2) is 0 Å². The zero-order valence-electron chi connectivity index (χ0n) is 16.9. The minimum absolute atomic E-state index is 0.398. The fourth-order valence-corrected chi connectivity index (χ4v) is 5.05. The fraction of sp³-hybridized carbons (Fsp3) is 0.478. The van der Waals surface area contributed by atoms with Crippen molar-refractivity contribution in [3.8, 4) is 11.5 Å². The van der Waals surface area contributed by atoms with Gasteiger partial charge in [0, 0.05) is 43.5 Å². The van der Waals surface area contributed by atoms with E-state index in [9.17, 15) is 5.11 Å². The Morgan fingerprint density at radius 3 is 2.68 bits per heavy atom. The van der Waals surface area contributed by atoms with Crippen molar-refractivity contribution >= 4 is 17.3 Å². The highest BCUT2D eigenvalue weighted by Crippen LogP contribution is 2.40. The molecule has 0 aromatic heterocycles. The summed E-state index contributed by atoms with van der Waals surface area (Å²) in [6.45, 7) is 7.22. The Hall–Kier alpha value is -1.91. The lowest BCUT2D eigenvalue weighted by Crippen LogP contribution is -2.56. The lowest BCUT2D eigenvalue weighted by molar-refractivity contribution is 0.0712. The van der Waals surface area contributed by atoms with E-state index in [0.29, 0.717) is 22.9 Å². The number of anilines is 1. The predicted octanol–water partition coefficient (Wildman–Crippen LogP) is 5.09. The number of ether oxygens (including phenoxy) is 1. The maximum Gasteiger partial charge on any atom is 0.139 e. The predicted molar refractivity (Wildman–Crippen MR) is 115 cm³/mol. The third-order valence-corrected chi connectivity index (χ3v) is 6.92. The van der Waals surface area contributed by atoms with Gasteiger partial charge in [-0.2, -0.15) is 0 Å². The van der Waals surface area contributed by atoms with E-state index in [0.717, 1.165) is 30.9 Å². The van der Waals surface area contributed by atoms with Gasteiger partial charge >= 0.3 is 0 Å². The van der Waals surface area contributed by atoms with Crippen LogP contribution in [0.15, 0.2) is 30.3 Å². The van der Waals surface area contributed by atoms with E-state index < -0.39 is 0 Å². The molecule has 0 radical (unpaired) electrons. The normalized spacial score (nSPS) is 22.8. The Morgan fingerprint density at radius 1 is 1.07 bits per heavy atom. The van der Waals surface area contributed by atoms with Gasteiger partial charge in [-0.3, -0.25) is 4.90 Å². The van der Waals surface area contributed by atoms with Crippen LogP contribution >= 0.6 is 11.6 Å². The first-order chi connectivity index (χ1) is 13.5. The van der Waals surface area contributed by atoms with Gasteiger partial charge in [-0.05, 0) is 68.0 Å². The van der Waals surface area contributed by atoms with E-state index in [1.54, 1.807) is 7.11 Å². The number of phenolic OH excluding ortho intramolecular Hbond substituents is 1. The number of rotatable bonds is 3. The number of phenols is 1. The van der Waals surface area contributed by atoms with Gasteiger partial charge in [0.15, 0.2) is 0 Å². The van der Waals surface area contributed by atoms with Crippen LogP contribution in [0, 0.1) is 13.8 Å². The molecule has 5 heteroatoms. The molecule has 1 N–H and O–H groups in total. The lowest BCUT2D eigenvalue weighted by atomic mass is 9.86. The quantitative estimate of drug-likeness (QED) is 0.778. The molecular weight excluding hydrogens is 372 g/mol. The Balaban J connectivity index is 1.56. The first kappa shape index (κ1) is 19.4. The third kappa shape index (κ3) is 3.44. The van der Waals surface area contributed by atoms with Crippen molar-refractivity contribution in [2.45, 2.75) is 45.2 Å². The highest BCUT2D eigenvalue weighted by atomic mass is 35.5. The molecule has 2 heterocycles. The average Bonchev–Trinajstić information content (AvgIpc) is 2.72. The number of aromatic hydroxyl groups is 1. The molecule has 2 aromatic carbocycles. The second-order valence-corrected chi connectivity index (χ2v) is 8.43. The Morgan fingerprint density at radius 2 is 1.89 bits per heavy atom. The summed E-state index contributed by atoms with van der Waals surface area (Å²) in [6, 6.07) is 11.0. The Kier molecular flexibility index (Phi) is 5.44. The summed E-state index contributed by atoms with van der Waals surface area (Å²) < 4.78 is 5.40. The van der Waals surface area contributed by atoms with Gasteiger partial charge in [0.1, 0.15) is 11.5 Å². The number of halogens is 1. The number of methoxy groups -OCH3 is 1. The number of hydrogen-bond acceptors (Lipinski definition) is 4. The molecule has 0 bridgehead atoms. The summed E-state index contributed by atoms with van der Waals surface area (Å²) in [4.78, 5) is 5.14. The average molecular weight is 401 g/mol. The van der Waals surface area contributed by atoms with Crippen LogP contribution in [-0.4, -0.2) is 42.8 Å². The van der Waals surface area contributed by atoms with Gasteiger partial charge < -0.3 is 14.7 Å². The first-order valence-electron chi connectivity index (χ1n) is 10.1. The van der Waals surface area contributed by atoms with Crippen LogP contribution in [0.2, 0.25) is 5.02 Å². The Bertz CT molecular complexity index is 870. The zero-order chi connectivity index (χ0) is 19.8. The molecule has 2 aliphatic rings. The van der Waals surface area contributed by atoms with Crippen molar-refractivity contribution in [2.75, 3.05) is 31.6 Å². The second-order valence-electron chi connectivity index (χ2n) is 8.03. The second kappa shape index (κ2) is 7.84. The summed E-state index contributed by atoms with van der Waals surface area (Å²) in [7, 11) is 1.66. The summed E-state index contributed by atoms with van der Waals surface area (Å²) in [6.07, 6.45) is 3.66. The van der Waals surface area contributed by atoms with Crippen molar-refractivity contribution in [1.29, 1.82) is 0 Å². The van der Waals surface area contributed by atoms with Gasteiger partial charge in [0.2, 0.25) is 0 Å². The van der Waals surface area contributed by atoms with Crippen LogP contribution in [0.5, 0.6) is 11.5 Å². The summed E-state index contributed by atoms with van der Waals surface area (Å²) >= 11 is 6.20. The highest BCUT2D eigenvalue weighted by Gasteiger charge is 2.36. The van der Waals surface area contributed by atoms with Crippen LogP contribution in [0.3, 0.4) is 0 Å². The molecule has 0 spiro atoms. The molecule has 0 amide bonds. The molecule has 2 atom stereocenters. The van der Waals surface area contributed by atoms with E-state index >= 15 is 0 Å². The highest BCUT2D eigenvalue weighted by molar-refractivity contribution is 6.32. The SMILES string of the molecule is COc1cc(N2CCN3[C@@H](CCC[C@@H]3c3ccc(O)c(C)c3C)C2)ccc1Cl. The molecule has 2 fully saturated rings. The molecule has 2 aliphatic heterocycles. The van der Waals surface area contributed by atoms with Crippen molar-refractivity contribution in [3.63, 3.8) is 0 Å². The topological polar surface area (TPSA) is 35.9 Å². The van der Waals surface area contributed by atoms with E-state index in [1.807, 2.05) is 25.1 Å². The summed E-state index contributed by atoms with van der Waals surface area (Å²) in [5, 5.41) is 10.7. The van der Waals surface area contributed by atoms with Crippen LogP contribution < -0.4 is 9.64 Å². The number of fused-ring (bicyclic) bond motifs is 1. The monoisotopic (exact) mass is 400 g/mol. The number of piperidine rings is 1. The number of nitrogens with zero attached hydrogens (tertiary/aromatic N) is 2. The van der Waals surface area contributed by atoms with Crippen LogP contribution in [0.4, 0.5) is 5.69 Å². The Labute approximate surface area is 172 Å². The van der Waals surface area contributed by atoms with Gasteiger partial charge in [-0.15, -0.1) is 0 Å². The van der Waals surface area contributed by atoms with E-state index in [4.69, 9.17) is 16.3 Å². The minimum Gasteiger partial charge on any atom is -0.508 e. The molecular formula is C23H29ClN2O2. The molecule has 150 valence electrons. The lowest BCUT2D eigenvalue weighted by Gasteiger charge is -2.49. The summed E-state index contributed by atoms with van der Waals surface area (Å²) in [5.41, 5.74) is 4.79. The maximum absolute atomic E-state index is 10.0. The molecule has 4 rings (SSSR count). The van der Waals surface area contributed by atoms with Crippen molar-refractivity contribution in [3.05, 3.63) is 52.0 Å². The molecule has 2 saturated heterocycles. The fourth-order valence-electron chi connectivity index (χ4n) is 4.85. The van der Waals surface area contributed by atoms with Crippen molar-refractivity contribution in [1.82, 2.24) is 4.90 Å². The number of hydrogen-bond donors (Lipinski definition) is 1. The molecule has 0 unspecified atom stereocenters. The molecule has 0 aliphatic carbocycles. The van der Waals surface area contributed by atoms with Crippen molar-refractivity contribution in [2.24, 2.45) is 0 Å². The first-order valence-corrected chi connectivity index (χ1v) is 10.5. The van der Waals surface area contributed by atoms with Gasteiger partial charge in [0.25, 0.3) is 0 Å². The molecule has 28 heavy (non-hydrogen) atoms. The van der Waals surface area contributed by atoms with Gasteiger partial charge in [0.05, 0.1) is 12.1 Å². The number of benzene rings is 2. The minimum atomic E-state index is 0.398. The van der Waals surface area contributed by atoms with Gasteiger partial charge in [-0.1, -0.05) is 17.7 Å². The standard InChI is InChI=1S/C23H29ClN2O2/c1-15-16(2)22(27)10-8-19(15)21-6-4-5-18-14-25(11-12-26(18)21)17-7-9-20(24)23(13-17)28-3/h7-10,13,18,21,27H,4-6,11-12,14H2,1-3H3/t18-,21+/m0/s1. The van der Waals surface area contributed by atoms with Crippen molar-refractivity contribution < 1.29 is 9.84 Å². The van der Waals surface area contributed by atoms with Crippen LogP contribution in [0.1, 0.15) is 42.0 Å². The smallest absolute Gasteiger partial charge is 0.139 e. The maximum atomic E-state index is 10.0. The summed E-state index contributed by atoms with van der Waals surface area (Å²) in [5.74, 6) is 1.13. The van der Waals surface area contributed by atoms with E-state index in [2.05, 4.69) is 28.9 Å². The molecule has 4 nitrogen and oxygen atoms in total. The molecule has 0 saturated carbocycles. The zero-order valence-corrected chi connectivity index (χ0v) is 17.7. The van der Waals surface area contributed by atoms with E-state index in [1.165, 1.54) is 36.1 Å².